The Morgan fingerprint density at radius 2 is 1.92 bits per heavy atom. The highest BCUT2D eigenvalue weighted by Crippen LogP contribution is 2.21. The summed E-state index contributed by atoms with van der Waals surface area (Å²) in [5, 5.41) is 9.59. The molecule has 0 unspecified atom stereocenters. The van der Waals surface area contributed by atoms with Gasteiger partial charge in [-0.1, -0.05) is 55.9 Å². The van der Waals surface area contributed by atoms with Gasteiger partial charge in [0.15, 0.2) is 5.16 Å². The molecule has 1 aromatic carbocycles. The first-order valence-electron chi connectivity index (χ1n) is 9.08. The SMILES string of the molecule is CC(C)Cn1c(Cc2ccccc2)nnc1SCC(=O)N1CCOCC1. The zero-order chi connectivity index (χ0) is 18.4. The molecule has 140 valence electrons. The molecule has 3 rings (SSSR count). The average Bonchev–Trinajstić information content (AvgIpc) is 3.02. The molecular formula is C19H26N4O2S. The lowest BCUT2D eigenvalue weighted by molar-refractivity contribution is -0.132. The topological polar surface area (TPSA) is 60.2 Å². The van der Waals surface area contributed by atoms with E-state index in [4.69, 9.17) is 4.74 Å². The minimum Gasteiger partial charge on any atom is -0.378 e. The molecule has 0 radical (unpaired) electrons. The standard InChI is InChI=1S/C19H26N4O2S/c1-15(2)13-23-17(12-16-6-4-3-5-7-16)20-21-19(23)26-14-18(24)22-8-10-25-11-9-22/h3-7,15H,8-14H2,1-2H3. The van der Waals surface area contributed by atoms with Crippen molar-refractivity contribution in [2.45, 2.75) is 32.0 Å². The summed E-state index contributed by atoms with van der Waals surface area (Å²) in [4.78, 5) is 14.3. The molecule has 1 aliphatic heterocycles. The van der Waals surface area contributed by atoms with Crippen LogP contribution in [0.2, 0.25) is 0 Å². The van der Waals surface area contributed by atoms with Crippen LogP contribution in [0.5, 0.6) is 0 Å². The van der Waals surface area contributed by atoms with E-state index in [9.17, 15) is 4.79 Å². The minimum absolute atomic E-state index is 0.141. The lowest BCUT2D eigenvalue weighted by atomic mass is 10.1. The van der Waals surface area contributed by atoms with Gasteiger partial charge in [0, 0.05) is 26.1 Å². The quantitative estimate of drug-likeness (QED) is 0.697. The monoisotopic (exact) mass is 374 g/mol. The van der Waals surface area contributed by atoms with Gasteiger partial charge in [-0.15, -0.1) is 10.2 Å². The molecule has 1 saturated heterocycles. The Hall–Kier alpha value is -1.86. The Bertz CT molecular complexity index is 712. The van der Waals surface area contributed by atoms with Gasteiger partial charge in [-0.2, -0.15) is 0 Å². The van der Waals surface area contributed by atoms with Crippen molar-refractivity contribution in [3.05, 3.63) is 41.7 Å². The molecule has 1 aliphatic rings. The second-order valence-electron chi connectivity index (χ2n) is 6.85. The fourth-order valence-corrected chi connectivity index (χ4v) is 3.78. The molecule has 0 bridgehead atoms. The predicted molar refractivity (Wildman–Crippen MR) is 102 cm³/mol. The van der Waals surface area contributed by atoms with Crippen molar-refractivity contribution in [1.29, 1.82) is 0 Å². The van der Waals surface area contributed by atoms with E-state index in [2.05, 4.69) is 40.7 Å². The fraction of sp³-hybridized carbons (Fsp3) is 0.526. The predicted octanol–water partition coefficient (Wildman–Crippen LogP) is 2.48. The zero-order valence-electron chi connectivity index (χ0n) is 15.4. The Morgan fingerprint density at radius 1 is 1.19 bits per heavy atom. The number of ether oxygens (including phenoxy) is 1. The Kier molecular flexibility index (Phi) is 6.68. The highest BCUT2D eigenvalue weighted by molar-refractivity contribution is 7.99. The molecule has 0 aliphatic carbocycles. The number of amides is 1. The van der Waals surface area contributed by atoms with Crippen molar-refractivity contribution < 1.29 is 9.53 Å². The highest BCUT2D eigenvalue weighted by atomic mass is 32.2. The maximum absolute atomic E-state index is 12.4. The summed E-state index contributed by atoms with van der Waals surface area (Å²) in [7, 11) is 0. The van der Waals surface area contributed by atoms with E-state index in [1.54, 1.807) is 0 Å². The maximum atomic E-state index is 12.4. The number of benzene rings is 1. The molecule has 0 spiro atoms. The van der Waals surface area contributed by atoms with Crippen LogP contribution in [-0.2, 0) is 22.5 Å². The van der Waals surface area contributed by atoms with Crippen molar-refractivity contribution in [2.24, 2.45) is 5.92 Å². The molecule has 2 heterocycles. The van der Waals surface area contributed by atoms with Gasteiger partial charge in [0.2, 0.25) is 5.91 Å². The normalized spacial score (nSPS) is 14.8. The van der Waals surface area contributed by atoms with Crippen LogP contribution in [0.15, 0.2) is 35.5 Å². The summed E-state index contributed by atoms with van der Waals surface area (Å²) in [6.45, 7) is 7.82. The third-order valence-electron chi connectivity index (χ3n) is 4.23. The summed E-state index contributed by atoms with van der Waals surface area (Å²) in [6, 6.07) is 10.3. The van der Waals surface area contributed by atoms with Crippen molar-refractivity contribution in [2.75, 3.05) is 32.1 Å². The first kappa shape index (κ1) is 18.9. The van der Waals surface area contributed by atoms with Gasteiger partial charge in [-0.05, 0) is 11.5 Å². The molecule has 1 amide bonds. The summed E-state index contributed by atoms with van der Waals surface area (Å²) in [5.74, 6) is 1.96. The van der Waals surface area contributed by atoms with E-state index < -0.39 is 0 Å². The summed E-state index contributed by atoms with van der Waals surface area (Å²) < 4.78 is 7.47. The third kappa shape index (κ3) is 5.08. The van der Waals surface area contributed by atoms with Crippen LogP contribution in [0, 0.1) is 5.92 Å². The number of morpholine rings is 1. The van der Waals surface area contributed by atoms with Gasteiger partial charge in [0.1, 0.15) is 5.82 Å². The van der Waals surface area contributed by atoms with Crippen LogP contribution >= 0.6 is 11.8 Å². The number of carbonyl (C=O) groups is 1. The van der Waals surface area contributed by atoms with Crippen molar-refractivity contribution in [3.8, 4) is 0 Å². The second-order valence-corrected chi connectivity index (χ2v) is 7.79. The van der Waals surface area contributed by atoms with Gasteiger partial charge in [-0.25, -0.2) is 0 Å². The maximum Gasteiger partial charge on any atom is 0.233 e. The average molecular weight is 375 g/mol. The smallest absolute Gasteiger partial charge is 0.233 e. The van der Waals surface area contributed by atoms with E-state index in [1.807, 2.05) is 23.1 Å². The summed E-state index contributed by atoms with van der Waals surface area (Å²) in [5.41, 5.74) is 1.21. The van der Waals surface area contributed by atoms with Crippen LogP contribution in [0.25, 0.3) is 0 Å². The van der Waals surface area contributed by atoms with E-state index in [0.717, 1.165) is 23.9 Å². The molecular weight excluding hydrogens is 348 g/mol. The lowest BCUT2D eigenvalue weighted by Gasteiger charge is -2.26. The molecule has 26 heavy (non-hydrogen) atoms. The number of carbonyl (C=O) groups excluding carboxylic acids is 1. The summed E-state index contributed by atoms with van der Waals surface area (Å²) in [6.07, 6.45) is 0.749. The van der Waals surface area contributed by atoms with Crippen LogP contribution < -0.4 is 0 Å². The summed E-state index contributed by atoms with van der Waals surface area (Å²) >= 11 is 1.48. The fourth-order valence-electron chi connectivity index (χ4n) is 2.91. The van der Waals surface area contributed by atoms with E-state index in [0.29, 0.717) is 38.0 Å². The molecule has 1 aromatic heterocycles. The highest BCUT2D eigenvalue weighted by Gasteiger charge is 2.20. The second kappa shape index (κ2) is 9.19. The van der Waals surface area contributed by atoms with Crippen molar-refractivity contribution >= 4 is 17.7 Å². The van der Waals surface area contributed by atoms with E-state index >= 15 is 0 Å². The molecule has 1 fully saturated rings. The molecule has 0 saturated carbocycles. The molecule has 6 nitrogen and oxygen atoms in total. The van der Waals surface area contributed by atoms with Crippen LogP contribution in [0.4, 0.5) is 0 Å². The van der Waals surface area contributed by atoms with Crippen molar-refractivity contribution in [3.63, 3.8) is 0 Å². The van der Waals surface area contributed by atoms with Gasteiger partial charge in [-0.3, -0.25) is 4.79 Å². The number of nitrogens with zero attached hydrogens (tertiary/aromatic N) is 4. The number of hydrogen-bond donors (Lipinski definition) is 0. The molecule has 0 atom stereocenters. The van der Waals surface area contributed by atoms with Crippen molar-refractivity contribution in [1.82, 2.24) is 19.7 Å². The van der Waals surface area contributed by atoms with Crippen LogP contribution in [0.1, 0.15) is 25.2 Å². The zero-order valence-corrected chi connectivity index (χ0v) is 16.2. The van der Waals surface area contributed by atoms with Gasteiger partial charge < -0.3 is 14.2 Å². The Morgan fingerprint density at radius 3 is 2.62 bits per heavy atom. The molecule has 7 heteroatoms. The largest absolute Gasteiger partial charge is 0.378 e. The third-order valence-corrected chi connectivity index (χ3v) is 5.19. The number of aromatic nitrogens is 3. The number of thioether (sulfide) groups is 1. The van der Waals surface area contributed by atoms with E-state index in [-0.39, 0.29) is 5.91 Å². The van der Waals surface area contributed by atoms with Gasteiger partial charge >= 0.3 is 0 Å². The lowest BCUT2D eigenvalue weighted by Crippen LogP contribution is -2.41. The first-order valence-corrected chi connectivity index (χ1v) is 10.1. The Balaban J connectivity index is 1.68. The van der Waals surface area contributed by atoms with Gasteiger partial charge in [0.05, 0.1) is 19.0 Å². The van der Waals surface area contributed by atoms with Crippen LogP contribution in [-0.4, -0.2) is 57.6 Å². The Labute approximate surface area is 158 Å². The van der Waals surface area contributed by atoms with Gasteiger partial charge in [0.25, 0.3) is 0 Å². The number of rotatable bonds is 7. The number of hydrogen-bond acceptors (Lipinski definition) is 5. The molecule has 2 aromatic rings. The minimum atomic E-state index is 0.141. The van der Waals surface area contributed by atoms with E-state index in [1.165, 1.54) is 17.3 Å². The molecule has 0 N–H and O–H groups in total. The first-order chi connectivity index (χ1) is 12.6. The van der Waals surface area contributed by atoms with Crippen LogP contribution in [0.3, 0.4) is 0 Å².